The molecule has 0 radical (unpaired) electrons. The summed E-state index contributed by atoms with van der Waals surface area (Å²) in [6.45, 7) is 4.19. The molecule has 1 heterocycles. The topological polar surface area (TPSA) is 41.6 Å². The van der Waals surface area contributed by atoms with Crippen LogP contribution in [-0.4, -0.2) is 37.6 Å². The molecular formula is C16H24N2O2. The zero-order chi connectivity index (χ0) is 14.4. The summed E-state index contributed by atoms with van der Waals surface area (Å²) < 4.78 is 5.18. The summed E-state index contributed by atoms with van der Waals surface area (Å²) in [5.74, 6) is 1.04. The largest absolute Gasteiger partial charge is 0.497 e. The van der Waals surface area contributed by atoms with E-state index in [1.54, 1.807) is 7.11 Å². The van der Waals surface area contributed by atoms with E-state index in [4.69, 9.17) is 4.74 Å². The van der Waals surface area contributed by atoms with Crippen molar-refractivity contribution >= 4 is 11.6 Å². The van der Waals surface area contributed by atoms with Gasteiger partial charge >= 0.3 is 0 Å². The Kier molecular flexibility index (Phi) is 5.27. The molecule has 1 aromatic rings. The number of rotatable bonds is 4. The normalized spacial score (nSPS) is 15.6. The van der Waals surface area contributed by atoms with Crippen molar-refractivity contribution in [1.29, 1.82) is 0 Å². The van der Waals surface area contributed by atoms with Crippen LogP contribution in [-0.2, 0) is 4.79 Å². The van der Waals surface area contributed by atoms with Gasteiger partial charge in [0.15, 0.2) is 0 Å². The first-order valence-corrected chi connectivity index (χ1v) is 7.37. The van der Waals surface area contributed by atoms with E-state index in [2.05, 4.69) is 5.32 Å². The fourth-order valence-corrected chi connectivity index (χ4v) is 2.56. The molecule has 0 bridgehead atoms. The molecule has 1 aliphatic heterocycles. The zero-order valence-corrected chi connectivity index (χ0v) is 12.4. The number of nitrogens with zero attached hydrogens (tertiary/aromatic N) is 1. The molecule has 0 spiro atoms. The van der Waals surface area contributed by atoms with Gasteiger partial charge in [-0.2, -0.15) is 0 Å². The van der Waals surface area contributed by atoms with Gasteiger partial charge in [-0.25, -0.2) is 0 Å². The van der Waals surface area contributed by atoms with Crippen LogP contribution in [0.5, 0.6) is 5.75 Å². The minimum Gasteiger partial charge on any atom is -0.497 e. The molecule has 110 valence electrons. The average Bonchev–Trinajstić information content (AvgIpc) is 2.74. The van der Waals surface area contributed by atoms with E-state index in [1.807, 2.05) is 30.0 Å². The van der Waals surface area contributed by atoms with E-state index in [9.17, 15) is 4.79 Å². The molecule has 20 heavy (non-hydrogen) atoms. The van der Waals surface area contributed by atoms with Gasteiger partial charge in [0, 0.05) is 18.8 Å². The quantitative estimate of drug-likeness (QED) is 0.919. The lowest BCUT2D eigenvalue weighted by Crippen LogP contribution is -2.36. The summed E-state index contributed by atoms with van der Waals surface area (Å²) in [6, 6.07) is 5.84. The fraction of sp³-hybridized carbons (Fsp3) is 0.562. The van der Waals surface area contributed by atoms with Crippen molar-refractivity contribution < 1.29 is 9.53 Å². The van der Waals surface area contributed by atoms with Crippen molar-refractivity contribution in [3.05, 3.63) is 23.8 Å². The number of hydrogen-bond donors (Lipinski definition) is 1. The number of benzene rings is 1. The molecule has 2 rings (SSSR count). The SMILES string of the molecule is COc1ccc(NCC(=O)N2CCCCCC2)c(C)c1. The first kappa shape index (κ1) is 14.7. The number of amides is 1. The second-order valence-electron chi connectivity index (χ2n) is 5.33. The predicted molar refractivity (Wildman–Crippen MR) is 81.3 cm³/mol. The van der Waals surface area contributed by atoms with Gasteiger partial charge in [-0.3, -0.25) is 4.79 Å². The third-order valence-electron chi connectivity index (χ3n) is 3.82. The van der Waals surface area contributed by atoms with Crippen LogP contribution in [0.25, 0.3) is 0 Å². The molecule has 4 heteroatoms. The number of methoxy groups -OCH3 is 1. The van der Waals surface area contributed by atoms with E-state index in [0.29, 0.717) is 6.54 Å². The number of carbonyl (C=O) groups is 1. The molecule has 1 N–H and O–H groups in total. The van der Waals surface area contributed by atoms with Crippen molar-refractivity contribution in [3.8, 4) is 5.75 Å². The highest BCUT2D eigenvalue weighted by molar-refractivity contribution is 5.81. The third kappa shape index (κ3) is 3.89. The van der Waals surface area contributed by atoms with Crippen molar-refractivity contribution in [3.63, 3.8) is 0 Å². The molecule has 1 aliphatic rings. The molecule has 0 atom stereocenters. The molecule has 1 amide bonds. The maximum atomic E-state index is 12.2. The number of aryl methyl sites for hydroxylation is 1. The maximum absolute atomic E-state index is 12.2. The van der Waals surface area contributed by atoms with Crippen LogP contribution in [0.3, 0.4) is 0 Å². The first-order chi connectivity index (χ1) is 9.70. The summed E-state index contributed by atoms with van der Waals surface area (Å²) in [4.78, 5) is 14.2. The molecule has 0 unspecified atom stereocenters. The molecule has 1 saturated heterocycles. The molecule has 0 aliphatic carbocycles. The second-order valence-corrected chi connectivity index (χ2v) is 5.33. The van der Waals surface area contributed by atoms with Gasteiger partial charge in [-0.1, -0.05) is 12.8 Å². The molecule has 1 aromatic carbocycles. The Morgan fingerprint density at radius 2 is 1.95 bits per heavy atom. The maximum Gasteiger partial charge on any atom is 0.241 e. The Hall–Kier alpha value is -1.71. The molecular weight excluding hydrogens is 252 g/mol. The van der Waals surface area contributed by atoms with E-state index in [1.165, 1.54) is 12.8 Å². The number of hydrogen-bond acceptors (Lipinski definition) is 3. The van der Waals surface area contributed by atoms with E-state index in [0.717, 1.165) is 42.9 Å². The van der Waals surface area contributed by atoms with Gasteiger partial charge in [0.25, 0.3) is 0 Å². The Bertz CT molecular complexity index is 452. The zero-order valence-electron chi connectivity index (χ0n) is 12.4. The summed E-state index contributed by atoms with van der Waals surface area (Å²) in [6.07, 6.45) is 4.75. The van der Waals surface area contributed by atoms with Crippen LogP contribution in [0.1, 0.15) is 31.2 Å². The summed E-state index contributed by atoms with van der Waals surface area (Å²) in [7, 11) is 1.66. The van der Waals surface area contributed by atoms with Crippen LogP contribution < -0.4 is 10.1 Å². The lowest BCUT2D eigenvalue weighted by atomic mass is 10.2. The minimum absolute atomic E-state index is 0.196. The van der Waals surface area contributed by atoms with Crippen molar-refractivity contribution in [1.82, 2.24) is 4.90 Å². The fourth-order valence-electron chi connectivity index (χ4n) is 2.56. The number of nitrogens with one attached hydrogen (secondary N) is 1. The Labute approximate surface area is 121 Å². The van der Waals surface area contributed by atoms with E-state index < -0.39 is 0 Å². The molecule has 1 fully saturated rings. The van der Waals surface area contributed by atoms with Crippen molar-refractivity contribution in [2.45, 2.75) is 32.6 Å². The second kappa shape index (κ2) is 7.17. The smallest absolute Gasteiger partial charge is 0.241 e. The van der Waals surface area contributed by atoms with Gasteiger partial charge in [-0.15, -0.1) is 0 Å². The van der Waals surface area contributed by atoms with Crippen molar-refractivity contribution in [2.24, 2.45) is 0 Å². The van der Waals surface area contributed by atoms with Gasteiger partial charge < -0.3 is 15.0 Å². The number of carbonyl (C=O) groups excluding carboxylic acids is 1. The number of anilines is 1. The van der Waals surface area contributed by atoms with Gasteiger partial charge in [-0.05, 0) is 43.5 Å². The lowest BCUT2D eigenvalue weighted by molar-refractivity contribution is -0.129. The monoisotopic (exact) mass is 276 g/mol. The standard InChI is InChI=1S/C16H24N2O2/c1-13-11-14(20-2)7-8-15(13)17-12-16(19)18-9-5-3-4-6-10-18/h7-8,11,17H,3-6,9-10,12H2,1-2H3. The predicted octanol–water partition coefficient (Wildman–Crippen LogP) is 2.82. The van der Waals surface area contributed by atoms with Crippen LogP contribution in [0, 0.1) is 6.92 Å². The Morgan fingerprint density at radius 1 is 1.25 bits per heavy atom. The van der Waals surface area contributed by atoms with E-state index >= 15 is 0 Å². The summed E-state index contributed by atoms with van der Waals surface area (Å²) in [5, 5.41) is 3.23. The van der Waals surface area contributed by atoms with E-state index in [-0.39, 0.29) is 5.91 Å². The van der Waals surface area contributed by atoms with Crippen molar-refractivity contribution in [2.75, 3.05) is 32.1 Å². The summed E-state index contributed by atoms with van der Waals surface area (Å²) in [5.41, 5.74) is 2.09. The van der Waals surface area contributed by atoms with Crippen LogP contribution in [0.4, 0.5) is 5.69 Å². The highest BCUT2D eigenvalue weighted by Gasteiger charge is 2.15. The molecule has 4 nitrogen and oxygen atoms in total. The Balaban J connectivity index is 1.89. The number of likely N-dealkylation sites (tertiary alicyclic amines) is 1. The third-order valence-corrected chi connectivity index (χ3v) is 3.82. The summed E-state index contributed by atoms with van der Waals surface area (Å²) >= 11 is 0. The van der Waals surface area contributed by atoms with Crippen LogP contribution in [0.2, 0.25) is 0 Å². The first-order valence-electron chi connectivity index (χ1n) is 7.37. The minimum atomic E-state index is 0.196. The Morgan fingerprint density at radius 3 is 2.55 bits per heavy atom. The highest BCUT2D eigenvalue weighted by Crippen LogP contribution is 2.21. The lowest BCUT2D eigenvalue weighted by Gasteiger charge is -2.21. The van der Waals surface area contributed by atoms with Gasteiger partial charge in [0.05, 0.1) is 13.7 Å². The number of ether oxygens (including phenoxy) is 1. The average molecular weight is 276 g/mol. The molecule has 0 aromatic heterocycles. The highest BCUT2D eigenvalue weighted by atomic mass is 16.5. The van der Waals surface area contributed by atoms with Gasteiger partial charge in [0.1, 0.15) is 5.75 Å². The molecule has 0 saturated carbocycles. The van der Waals surface area contributed by atoms with Crippen LogP contribution in [0.15, 0.2) is 18.2 Å². The van der Waals surface area contributed by atoms with Crippen LogP contribution >= 0.6 is 0 Å². The van der Waals surface area contributed by atoms with Gasteiger partial charge in [0.2, 0.25) is 5.91 Å².